The van der Waals surface area contributed by atoms with Crippen molar-refractivity contribution in [2.45, 2.75) is 17.8 Å². The second kappa shape index (κ2) is 7.67. The highest BCUT2D eigenvalue weighted by Crippen LogP contribution is 2.39. The number of amidine groups is 1. The molecule has 0 aliphatic carbocycles. The van der Waals surface area contributed by atoms with Gasteiger partial charge in [0.05, 0.1) is 43.5 Å². The monoisotopic (exact) mass is 418 g/mol. The van der Waals surface area contributed by atoms with Gasteiger partial charge in [0.1, 0.15) is 11.5 Å². The first-order valence-corrected chi connectivity index (χ1v) is 11.8. The van der Waals surface area contributed by atoms with E-state index in [0.29, 0.717) is 5.75 Å². The van der Waals surface area contributed by atoms with Crippen molar-refractivity contribution in [3.63, 3.8) is 0 Å². The van der Waals surface area contributed by atoms with Gasteiger partial charge in [-0.2, -0.15) is 0 Å². The predicted octanol–water partition coefficient (Wildman–Crippen LogP) is 2.98. The molecular formula is C20H22N2O4S2. The van der Waals surface area contributed by atoms with E-state index in [9.17, 15) is 8.42 Å². The molecule has 1 saturated heterocycles. The Labute approximate surface area is 169 Å². The number of methoxy groups -OCH3 is 2. The average Bonchev–Trinajstić information content (AvgIpc) is 3.17. The molecule has 28 heavy (non-hydrogen) atoms. The maximum absolute atomic E-state index is 12.2. The number of thioether (sulfide) groups is 1. The number of ether oxygens (including phenoxy) is 2. The molecule has 0 N–H and O–H groups in total. The quantitative estimate of drug-likeness (QED) is 0.744. The largest absolute Gasteiger partial charge is 0.497 e. The lowest BCUT2D eigenvalue weighted by atomic mass is 10.1. The molecule has 148 valence electrons. The Hall–Kier alpha value is -2.19. The molecule has 2 atom stereocenters. The minimum absolute atomic E-state index is 0.107. The van der Waals surface area contributed by atoms with Gasteiger partial charge in [-0.3, -0.25) is 4.99 Å². The number of aliphatic imine (C=N–C) groups is 1. The first kappa shape index (κ1) is 19.1. The Morgan fingerprint density at radius 1 is 1.07 bits per heavy atom. The van der Waals surface area contributed by atoms with Crippen LogP contribution >= 0.6 is 11.8 Å². The Morgan fingerprint density at radius 2 is 1.82 bits per heavy atom. The summed E-state index contributed by atoms with van der Waals surface area (Å²) in [7, 11) is 0.195. The van der Waals surface area contributed by atoms with Gasteiger partial charge in [0, 0.05) is 5.75 Å². The Bertz CT molecular complexity index is 990. The number of sulfone groups is 1. The average molecular weight is 419 g/mol. The molecular weight excluding hydrogens is 396 g/mol. The van der Waals surface area contributed by atoms with E-state index in [2.05, 4.69) is 0 Å². The normalized spacial score (nSPS) is 22.6. The van der Waals surface area contributed by atoms with Gasteiger partial charge in [0.2, 0.25) is 0 Å². The van der Waals surface area contributed by atoms with E-state index >= 15 is 0 Å². The topological polar surface area (TPSA) is 68.2 Å². The van der Waals surface area contributed by atoms with Crippen LogP contribution in [0, 0.1) is 0 Å². The minimum atomic E-state index is -3.08. The Balaban J connectivity index is 1.61. The van der Waals surface area contributed by atoms with E-state index in [4.69, 9.17) is 14.5 Å². The van der Waals surface area contributed by atoms with Crippen LogP contribution in [-0.2, 0) is 15.6 Å². The summed E-state index contributed by atoms with van der Waals surface area (Å²) in [6.45, 7) is 0. The van der Waals surface area contributed by atoms with Gasteiger partial charge in [-0.15, -0.1) is 0 Å². The second-order valence-corrected chi connectivity index (χ2v) is 9.90. The first-order valence-electron chi connectivity index (χ1n) is 8.97. The van der Waals surface area contributed by atoms with Crippen LogP contribution in [0.4, 0.5) is 5.69 Å². The van der Waals surface area contributed by atoms with Gasteiger partial charge in [0.25, 0.3) is 0 Å². The first-order chi connectivity index (χ1) is 13.5. The van der Waals surface area contributed by atoms with Crippen molar-refractivity contribution in [1.82, 2.24) is 0 Å². The fourth-order valence-corrected chi connectivity index (χ4v) is 6.53. The summed E-state index contributed by atoms with van der Waals surface area (Å²) in [4.78, 5) is 6.82. The highest BCUT2D eigenvalue weighted by atomic mass is 32.2. The molecule has 0 unspecified atom stereocenters. The molecule has 2 heterocycles. The summed E-state index contributed by atoms with van der Waals surface area (Å²) < 4.78 is 35.1. The Kier molecular flexibility index (Phi) is 5.25. The van der Waals surface area contributed by atoms with Gasteiger partial charge in [-0.25, -0.2) is 8.42 Å². The van der Waals surface area contributed by atoms with Crippen molar-refractivity contribution in [3.05, 3.63) is 54.1 Å². The van der Waals surface area contributed by atoms with Crippen LogP contribution in [0.25, 0.3) is 0 Å². The van der Waals surface area contributed by atoms with Crippen LogP contribution in [0.2, 0.25) is 0 Å². The number of hydrogen-bond acceptors (Lipinski definition) is 7. The van der Waals surface area contributed by atoms with Crippen molar-refractivity contribution >= 4 is 32.5 Å². The van der Waals surface area contributed by atoms with E-state index in [0.717, 1.165) is 27.9 Å². The zero-order valence-corrected chi connectivity index (χ0v) is 17.4. The van der Waals surface area contributed by atoms with E-state index < -0.39 is 9.84 Å². The zero-order chi connectivity index (χ0) is 19.7. The number of hydrogen-bond donors (Lipinski definition) is 0. The van der Waals surface area contributed by atoms with E-state index in [1.54, 1.807) is 26.0 Å². The van der Waals surface area contributed by atoms with Crippen molar-refractivity contribution in [2.75, 3.05) is 30.6 Å². The van der Waals surface area contributed by atoms with Gasteiger partial charge < -0.3 is 14.4 Å². The van der Waals surface area contributed by atoms with Gasteiger partial charge in [0.15, 0.2) is 15.0 Å². The zero-order valence-electron chi connectivity index (χ0n) is 15.7. The fraction of sp³-hybridized carbons (Fsp3) is 0.350. The molecule has 0 bridgehead atoms. The molecule has 0 radical (unpaired) electrons. The number of rotatable bonds is 5. The molecule has 0 saturated carbocycles. The number of anilines is 1. The van der Waals surface area contributed by atoms with E-state index in [-0.39, 0.29) is 23.6 Å². The molecule has 6 nitrogen and oxygen atoms in total. The van der Waals surface area contributed by atoms with Crippen LogP contribution in [0.5, 0.6) is 11.5 Å². The molecule has 2 aromatic carbocycles. The molecule has 2 aromatic rings. The van der Waals surface area contributed by atoms with Gasteiger partial charge >= 0.3 is 0 Å². The summed E-state index contributed by atoms with van der Waals surface area (Å²) in [5.74, 6) is 2.50. The third-order valence-corrected chi connectivity index (χ3v) is 7.72. The molecule has 4 rings (SSSR count). The number of para-hydroxylation sites is 2. The molecule has 0 aromatic heterocycles. The highest BCUT2D eigenvalue weighted by molar-refractivity contribution is 8.13. The van der Waals surface area contributed by atoms with Crippen LogP contribution in [-0.4, -0.2) is 51.4 Å². The maximum Gasteiger partial charge on any atom is 0.164 e. The molecule has 8 heteroatoms. The minimum Gasteiger partial charge on any atom is -0.497 e. The summed E-state index contributed by atoms with van der Waals surface area (Å²) in [6.07, 6.45) is 0. The van der Waals surface area contributed by atoms with Crippen molar-refractivity contribution in [2.24, 2.45) is 4.99 Å². The van der Waals surface area contributed by atoms with Gasteiger partial charge in [-0.05, 0) is 29.8 Å². The summed E-state index contributed by atoms with van der Waals surface area (Å²) in [6, 6.07) is 15.2. The summed E-state index contributed by atoms with van der Waals surface area (Å²) in [5.41, 5.74) is 2.01. The van der Waals surface area contributed by atoms with Crippen molar-refractivity contribution in [3.8, 4) is 11.5 Å². The Morgan fingerprint density at radius 3 is 2.54 bits per heavy atom. The third-order valence-electron chi connectivity index (χ3n) is 4.98. The van der Waals surface area contributed by atoms with Crippen LogP contribution in [0.15, 0.2) is 53.5 Å². The second-order valence-electron chi connectivity index (χ2n) is 6.80. The molecule has 2 aliphatic heterocycles. The molecule has 0 amide bonds. The summed E-state index contributed by atoms with van der Waals surface area (Å²) >= 11 is 1.61. The smallest absolute Gasteiger partial charge is 0.164 e. The van der Waals surface area contributed by atoms with E-state index in [1.165, 1.54) is 0 Å². The molecule has 1 fully saturated rings. The van der Waals surface area contributed by atoms with Crippen molar-refractivity contribution in [1.29, 1.82) is 0 Å². The van der Waals surface area contributed by atoms with Crippen LogP contribution in [0.1, 0.15) is 5.56 Å². The van der Waals surface area contributed by atoms with Crippen LogP contribution in [0.3, 0.4) is 0 Å². The highest BCUT2D eigenvalue weighted by Gasteiger charge is 2.47. The van der Waals surface area contributed by atoms with Crippen LogP contribution < -0.4 is 14.4 Å². The number of nitrogens with zero attached hydrogens (tertiary/aromatic N) is 2. The lowest BCUT2D eigenvalue weighted by Gasteiger charge is -2.27. The summed E-state index contributed by atoms with van der Waals surface area (Å²) in [5, 5.41) is 0.838. The standard InChI is InChI=1S/C20H22N2O4S2/c1-25-15-9-7-14(8-10-15)11-27-20-21-16-12-28(23,24)13-18(16)22(20)17-5-3-4-6-19(17)26-2/h3-10,16,18H,11-13H2,1-2H3/t16-,18+/m1/s1. The molecule has 2 aliphatic rings. The number of benzene rings is 2. The maximum atomic E-state index is 12.2. The molecule has 0 spiro atoms. The fourth-order valence-electron chi connectivity index (χ4n) is 3.61. The van der Waals surface area contributed by atoms with E-state index in [1.807, 2.05) is 53.4 Å². The SMILES string of the molecule is COc1ccc(CSC2=N[C@@H]3CS(=O)(=O)C[C@@H]3N2c2ccccc2OC)cc1. The number of fused-ring (bicyclic) bond motifs is 1. The lowest BCUT2D eigenvalue weighted by molar-refractivity contribution is 0.414. The predicted molar refractivity (Wildman–Crippen MR) is 113 cm³/mol. The van der Waals surface area contributed by atoms with Gasteiger partial charge in [-0.1, -0.05) is 36.0 Å². The van der Waals surface area contributed by atoms with Crippen molar-refractivity contribution < 1.29 is 17.9 Å². The third kappa shape index (κ3) is 3.71. The lowest BCUT2D eigenvalue weighted by Crippen LogP contribution is -2.39.